The minimum atomic E-state index is -3.09. The van der Waals surface area contributed by atoms with Crippen molar-refractivity contribution in [2.24, 2.45) is 11.0 Å². The Balaban J connectivity index is 1.72. The molecule has 26 heavy (non-hydrogen) atoms. The van der Waals surface area contributed by atoms with Crippen molar-refractivity contribution in [1.82, 2.24) is 9.99 Å². The number of nitrogens with one attached hydrogen (secondary N) is 1. The molecular weight excluding hydrogens is 374 g/mol. The van der Waals surface area contributed by atoms with Crippen LogP contribution in [0.1, 0.15) is 23.4 Å². The molecule has 1 saturated heterocycles. The van der Waals surface area contributed by atoms with Crippen LogP contribution in [0.15, 0.2) is 35.4 Å². The Bertz CT molecular complexity index is 962. The molecule has 1 fully saturated rings. The smallest absolute Gasteiger partial charge is 0.244 e. The number of carbonyl (C=O) groups is 1. The van der Waals surface area contributed by atoms with Gasteiger partial charge in [0.05, 0.1) is 23.6 Å². The minimum Gasteiger partial charge on any atom is -0.318 e. The number of hydrogen-bond donors (Lipinski definition) is 1. The van der Waals surface area contributed by atoms with Crippen LogP contribution in [0.5, 0.6) is 0 Å². The van der Waals surface area contributed by atoms with Crippen LogP contribution >= 0.6 is 11.6 Å². The van der Waals surface area contributed by atoms with Crippen molar-refractivity contribution < 1.29 is 13.2 Å². The maximum Gasteiger partial charge on any atom is 0.244 e. The predicted octanol–water partition coefficient (Wildman–Crippen LogP) is 2.63. The molecule has 1 amide bonds. The molecule has 1 aliphatic rings. The van der Waals surface area contributed by atoms with Crippen molar-refractivity contribution in [3.63, 3.8) is 0 Å². The normalized spacial score (nSPS) is 19.1. The first-order valence-corrected chi connectivity index (χ1v) is 10.4. The summed E-state index contributed by atoms with van der Waals surface area (Å²) in [5.41, 5.74) is 6.32. The van der Waals surface area contributed by atoms with E-state index in [0.29, 0.717) is 11.4 Å². The van der Waals surface area contributed by atoms with Gasteiger partial charge in [-0.25, -0.2) is 13.8 Å². The van der Waals surface area contributed by atoms with Crippen molar-refractivity contribution in [1.29, 1.82) is 0 Å². The number of aryl methyl sites for hydroxylation is 1. The molecule has 1 aromatic carbocycles. The first kappa shape index (κ1) is 18.7. The summed E-state index contributed by atoms with van der Waals surface area (Å²) >= 11 is 5.95. The van der Waals surface area contributed by atoms with Crippen molar-refractivity contribution in [3.8, 4) is 5.69 Å². The molecule has 1 atom stereocenters. The Hall–Kier alpha value is -2.12. The Morgan fingerprint density at radius 1 is 1.31 bits per heavy atom. The van der Waals surface area contributed by atoms with Gasteiger partial charge in [0.15, 0.2) is 9.84 Å². The highest BCUT2D eigenvalue weighted by Gasteiger charge is 2.32. The average Bonchev–Trinajstić information content (AvgIpc) is 3.08. The molecule has 1 aromatic heterocycles. The van der Waals surface area contributed by atoms with Gasteiger partial charge in [0, 0.05) is 27.7 Å². The fourth-order valence-electron chi connectivity index (χ4n) is 3.16. The van der Waals surface area contributed by atoms with Crippen LogP contribution < -0.4 is 5.43 Å². The monoisotopic (exact) mass is 393 g/mol. The van der Waals surface area contributed by atoms with Crippen molar-refractivity contribution in [3.05, 3.63) is 52.3 Å². The minimum absolute atomic E-state index is 0.0665. The number of hydrogen-bond acceptors (Lipinski definition) is 4. The highest BCUT2D eigenvalue weighted by atomic mass is 35.5. The first-order valence-electron chi connectivity index (χ1n) is 8.25. The molecule has 0 bridgehead atoms. The van der Waals surface area contributed by atoms with Gasteiger partial charge in [0.1, 0.15) is 0 Å². The van der Waals surface area contributed by atoms with E-state index in [-0.39, 0.29) is 17.4 Å². The standard InChI is InChI=1S/C18H20ClN3O3S/c1-12-9-15(13(2)22(12)17-5-3-16(19)4-6-17)10-20-21-18(23)14-7-8-26(24,25)11-14/h3-6,9-10,14H,7-8,11H2,1-2H3,(H,21,23)/b20-10-/t14-/m0/s1. The van der Waals surface area contributed by atoms with E-state index >= 15 is 0 Å². The fourth-order valence-corrected chi connectivity index (χ4v) is 5.03. The van der Waals surface area contributed by atoms with E-state index in [1.165, 1.54) is 0 Å². The van der Waals surface area contributed by atoms with E-state index in [9.17, 15) is 13.2 Å². The number of benzene rings is 1. The van der Waals surface area contributed by atoms with Gasteiger partial charge in [-0.15, -0.1) is 0 Å². The van der Waals surface area contributed by atoms with E-state index in [4.69, 9.17) is 11.6 Å². The largest absolute Gasteiger partial charge is 0.318 e. The van der Waals surface area contributed by atoms with Gasteiger partial charge < -0.3 is 4.57 Å². The highest BCUT2D eigenvalue weighted by Crippen LogP contribution is 2.21. The molecule has 1 aliphatic heterocycles. The number of hydrazone groups is 1. The summed E-state index contributed by atoms with van der Waals surface area (Å²) in [6, 6.07) is 9.51. The first-order chi connectivity index (χ1) is 12.3. The number of amides is 1. The molecule has 0 radical (unpaired) electrons. The second kappa shape index (κ2) is 7.25. The highest BCUT2D eigenvalue weighted by molar-refractivity contribution is 7.91. The zero-order valence-electron chi connectivity index (χ0n) is 14.6. The average molecular weight is 394 g/mol. The van der Waals surface area contributed by atoms with Gasteiger partial charge in [-0.1, -0.05) is 11.6 Å². The quantitative estimate of drug-likeness (QED) is 0.640. The van der Waals surface area contributed by atoms with Crippen molar-refractivity contribution in [2.45, 2.75) is 20.3 Å². The van der Waals surface area contributed by atoms with E-state index in [2.05, 4.69) is 15.1 Å². The number of halogens is 1. The topological polar surface area (TPSA) is 80.5 Å². The zero-order valence-corrected chi connectivity index (χ0v) is 16.1. The second-order valence-electron chi connectivity index (χ2n) is 6.47. The Labute approximate surface area is 157 Å². The summed E-state index contributed by atoms with van der Waals surface area (Å²) in [6.07, 6.45) is 1.94. The van der Waals surface area contributed by atoms with Crippen LogP contribution in [0, 0.1) is 19.8 Å². The number of nitrogens with zero attached hydrogens (tertiary/aromatic N) is 2. The van der Waals surface area contributed by atoms with E-state index in [1.54, 1.807) is 6.21 Å². The summed E-state index contributed by atoms with van der Waals surface area (Å²) in [6.45, 7) is 3.95. The fraction of sp³-hybridized carbons (Fsp3) is 0.333. The molecule has 1 N–H and O–H groups in total. The van der Waals surface area contributed by atoms with Crippen LogP contribution in [-0.2, 0) is 14.6 Å². The predicted molar refractivity (Wildman–Crippen MR) is 103 cm³/mol. The maximum atomic E-state index is 12.0. The second-order valence-corrected chi connectivity index (χ2v) is 9.14. The van der Waals surface area contributed by atoms with Gasteiger partial charge in [-0.05, 0) is 50.6 Å². The summed E-state index contributed by atoms with van der Waals surface area (Å²) in [4.78, 5) is 12.0. The SMILES string of the molecule is Cc1cc(/C=N\NC(=O)[C@H]2CCS(=O)(=O)C2)c(C)n1-c1ccc(Cl)cc1. The zero-order chi connectivity index (χ0) is 18.9. The molecule has 6 nitrogen and oxygen atoms in total. The van der Waals surface area contributed by atoms with Gasteiger partial charge in [0.25, 0.3) is 0 Å². The third kappa shape index (κ3) is 3.99. The van der Waals surface area contributed by atoms with Crippen LogP contribution in [0.3, 0.4) is 0 Å². The van der Waals surface area contributed by atoms with E-state index < -0.39 is 15.8 Å². The lowest BCUT2D eigenvalue weighted by atomic mass is 10.1. The summed E-state index contributed by atoms with van der Waals surface area (Å²) in [7, 11) is -3.09. The van der Waals surface area contributed by atoms with Gasteiger partial charge in [-0.2, -0.15) is 5.10 Å². The molecule has 3 rings (SSSR count). The summed E-state index contributed by atoms with van der Waals surface area (Å²) < 4.78 is 25.0. The summed E-state index contributed by atoms with van der Waals surface area (Å²) in [5.74, 6) is -0.899. The van der Waals surface area contributed by atoms with Gasteiger partial charge >= 0.3 is 0 Å². The third-order valence-corrected chi connectivity index (χ3v) is 6.56. The number of sulfone groups is 1. The van der Waals surface area contributed by atoms with Crippen LogP contribution in [0.2, 0.25) is 5.02 Å². The molecule has 0 aliphatic carbocycles. The lowest BCUT2D eigenvalue weighted by Gasteiger charge is -2.09. The molecule has 2 aromatic rings. The van der Waals surface area contributed by atoms with E-state index in [1.807, 2.05) is 44.2 Å². The molecule has 0 spiro atoms. The molecule has 8 heteroatoms. The van der Waals surface area contributed by atoms with Gasteiger partial charge in [0.2, 0.25) is 5.91 Å². The molecule has 0 unspecified atom stereocenters. The number of rotatable bonds is 4. The molecule has 0 saturated carbocycles. The van der Waals surface area contributed by atoms with Gasteiger partial charge in [-0.3, -0.25) is 4.79 Å². The molecule has 2 heterocycles. The third-order valence-electron chi connectivity index (χ3n) is 4.54. The summed E-state index contributed by atoms with van der Waals surface area (Å²) in [5, 5.41) is 4.68. The van der Waals surface area contributed by atoms with Crippen molar-refractivity contribution >= 4 is 33.6 Å². The lowest BCUT2D eigenvalue weighted by molar-refractivity contribution is -0.124. The van der Waals surface area contributed by atoms with Crippen molar-refractivity contribution in [2.75, 3.05) is 11.5 Å². The molecular formula is C18H20ClN3O3S. The number of aromatic nitrogens is 1. The van der Waals surface area contributed by atoms with E-state index in [0.717, 1.165) is 22.6 Å². The lowest BCUT2D eigenvalue weighted by Crippen LogP contribution is -2.27. The Morgan fingerprint density at radius 3 is 2.62 bits per heavy atom. The van der Waals surface area contributed by atoms with Crippen LogP contribution in [-0.4, -0.2) is 36.6 Å². The Kier molecular flexibility index (Phi) is 5.20. The van der Waals surface area contributed by atoms with Crippen LogP contribution in [0.25, 0.3) is 5.69 Å². The maximum absolute atomic E-state index is 12.0. The van der Waals surface area contributed by atoms with Crippen LogP contribution in [0.4, 0.5) is 0 Å². The molecule has 138 valence electrons. The Morgan fingerprint density at radius 2 is 2.00 bits per heavy atom. The number of carbonyl (C=O) groups excluding carboxylic acids is 1.